The molecule has 0 fully saturated rings. The van der Waals surface area contributed by atoms with E-state index in [1.807, 2.05) is 0 Å². The maximum atomic E-state index is 10.3. The molecule has 0 saturated heterocycles. The monoisotopic (exact) mass is 261 g/mol. The molecule has 0 atom stereocenters. The molecule has 18 heavy (non-hydrogen) atoms. The number of hydrogen-bond donors (Lipinski definition) is 1. The van der Waals surface area contributed by atoms with E-state index in [9.17, 15) is 4.79 Å². The van der Waals surface area contributed by atoms with Gasteiger partial charge in [-0.05, 0) is 6.42 Å². The summed E-state index contributed by atoms with van der Waals surface area (Å²) in [5.74, 6) is -0.655. The molecule has 0 rings (SSSR count). The van der Waals surface area contributed by atoms with E-state index in [1.165, 1.54) is 70.6 Å². The number of carboxylic acids is 1. The van der Waals surface area contributed by atoms with E-state index in [2.05, 4.69) is 6.92 Å². The predicted molar refractivity (Wildman–Crippen MR) is 77.9 cm³/mol. The molecule has 0 aliphatic carbocycles. The van der Waals surface area contributed by atoms with E-state index < -0.39 is 5.97 Å². The summed E-state index contributed by atoms with van der Waals surface area (Å²) in [5, 5.41) is 8.49. The van der Waals surface area contributed by atoms with Gasteiger partial charge < -0.3 is 5.11 Å². The second-order valence-electron chi connectivity index (χ2n) is 5.39. The van der Waals surface area contributed by atoms with Crippen LogP contribution in [0.15, 0.2) is 0 Å². The van der Waals surface area contributed by atoms with Crippen molar-refractivity contribution in [2.24, 2.45) is 0 Å². The van der Waals surface area contributed by atoms with Crippen molar-refractivity contribution < 1.29 is 9.90 Å². The van der Waals surface area contributed by atoms with Crippen molar-refractivity contribution >= 4 is 5.97 Å². The van der Waals surface area contributed by atoms with Gasteiger partial charge in [0.2, 0.25) is 0 Å². The quantitative estimate of drug-likeness (QED) is 0.328. The molecule has 0 unspecified atom stereocenters. The van der Waals surface area contributed by atoms with Crippen LogP contribution in [0.5, 0.6) is 0 Å². The van der Waals surface area contributed by atoms with Crippen molar-refractivity contribution in [1.82, 2.24) is 0 Å². The predicted octanol–water partition coefficient (Wildman–Crippen LogP) is 5.55. The Morgan fingerprint density at radius 3 is 1.33 bits per heavy atom. The van der Waals surface area contributed by atoms with E-state index in [-0.39, 0.29) is 0 Å². The van der Waals surface area contributed by atoms with E-state index >= 15 is 0 Å². The fraction of sp³-hybridized carbons (Fsp3) is 0.938. The maximum absolute atomic E-state index is 10.3. The summed E-state index contributed by atoms with van der Waals surface area (Å²) in [5.41, 5.74) is 0. The second kappa shape index (κ2) is 14.5. The van der Waals surface area contributed by atoms with Gasteiger partial charge >= 0.3 is 5.97 Å². The minimum atomic E-state index is -0.655. The van der Waals surface area contributed by atoms with Crippen LogP contribution in [0.3, 0.4) is 0 Å². The first kappa shape index (κ1) is 17.5. The average molecular weight is 261 g/mol. The highest BCUT2D eigenvalue weighted by atomic mass is 16.5. The van der Waals surface area contributed by atoms with E-state index in [1.54, 1.807) is 0 Å². The van der Waals surface area contributed by atoms with Crippen LogP contribution in [0.4, 0.5) is 0 Å². The van der Waals surface area contributed by atoms with E-state index in [0.717, 1.165) is 12.8 Å². The molecule has 2 heteroatoms. The lowest BCUT2D eigenvalue weighted by Crippen LogP contribution is -1.93. The fourth-order valence-electron chi connectivity index (χ4n) is 2.29. The summed E-state index contributed by atoms with van der Waals surface area (Å²) >= 11 is 0. The van der Waals surface area contributed by atoms with Gasteiger partial charge in [0, 0.05) is 6.42 Å². The zero-order valence-corrected chi connectivity index (χ0v) is 12.3. The minimum absolute atomic E-state index is 0.345. The molecule has 0 radical (unpaired) electrons. The Balaban J connectivity index is 2.92. The summed E-state index contributed by atoms with van der Waals surface area (Å²) in [4.78, 5) is 10.3. The fourth-order valence-corrected chi connectivity index (χ4v) is 2.29. The number of carbonyl (C=O) groups is 1. The van der Waals surface area contributed by atoms with Crippen LogP contribution >= 0.6 is 0 Å². The number of carboxylic acid groups (broad SMARTS) is 1. The van der Waals surface area contributed by atoms with Crippen molar-refractivity contribution in [3.8, 4) is 0 Å². The molecule has 0 heterocycles. The van der Waals surface area contributed by atoms with E-state index in [0.29, 0.717) is 6.42 Å². The van der Waals surface area contributed by atoms with Crippen LogP contribution < -0.4 is 0 Å². The van der Waals surface area contributed by atoms with Gasteiger partial charge in [-0.2, -0.15) is 0 Å². The molecule has 0 amide bonds. The number of hydrogen-bond acceptors (Lipinski definition) is 1. The van der Waals surface area contributed by atoms with Crippen LogP contribution in [0.1, 0.15) is 96.8 Å². The standard InChI is InChI=1S/C16H32O2/c1-2-3-4-5-6-7-8-9-10-11-12-13-14-15-16(17)18/h2-15H2,1H3,(H,17,18)/i8+1,10+1,12+1,14+1,16+1. The SMILES string of the molecule is CCCCCCC[13CH2]C[13CH2]C[13CH2]C[13CH2]C[13C](=O)O. The summed E-state index contributed by atoms with van der Waals surface area (Å²) in [6.07, 6.45) is 17.3. The molecule has 0 bridgehead atoms. The minimum Gasteiger partial charge on any atom is -0.481 e. The van der Waals surface area contributed by atoms with Gasteiger partial charge in [-0.1, -0.05) is 84.0 Å². The van der Waals surface area contributed by atoms with Gasteiger partial charge in [-0.15, -0.1) is 0 Å². The highest BCUT2D eigenvalue weighted by Gasteiger charge is 1.96. The number of rotatable bonds is 14. The van der Waals surface area contributed by atoms with Crippen molar-refractivity contribution in [1.29, 1.82) is 0 Å². The van der Waals surface area contributed by atoms with Gasteiger partial charge in [0.25, 0.3) is 0 Å². The third-order valence-electron chi connectivity index (χ3n) is 3.49. The smallest absolute Gasteiger partial charge is 0.303 e. The van der Waals surface area contributed by atoms with Gasteiger partial charge in [-0.3, -0.25) is 4.79 Å². The number of unbranched alkanes of at least 4 members (excludes halogenated alkanes) is 12. The third-order valence-corrected chi connectivity index (χ3v) is 3.49. The second-order valence-corrected chi connectivity index (χ2v) is 5.39. The zero-order chi connectivity index (χ0) is 13.5. The molecular weight excluding hydrogens is 229 g/mol. The maximum Gasteiger partial charge on any atom is 0.303 e. The third kappa shape index (κ3) is 15.5. The lowest BCUT2D eigenvalue weighted by molar-refractivity contribution is -0.137. The Kier molecular flexibility index (Phi) is 14.1. The Hall–Kier alpha value is -0.530. The summed E-state index contributed by atoms with van der Waals surface area (Å²) < 4.78 is 0. The Morgan fingerprint density at radius 1 is 0.667 bits per heavy atom. The number of aliphatic carboxylic acids is 1. The van der Waals surface area contributed by atoms with Gasteiger partial charge in [0.15, 0.2) is 0 Å². The van der Waals surface area contributed by atoms with Crippen LogP contribution in [-0.2, 0) is 4.79 Å². The van der Waals surface area contributed by atoms with Crippen molar-refractivity contribution in [3.05, 3.63) is 0 Å². The van der Waals surface area contributed by atoms with Gasteiger partial charge in [0.1, 0.15) is 0 Å². The van der Waals surface area contributed by atoms with Crippen LogP contribution in [0.25, 0.3) is 0 Å². The van der Waals surface area contributed by atoms with E-state index in [4.69, 9.17) is 5.11 Å². The molecule has 0 aromatic carbocycles. The average Bonchev–Trinajstić information content (AvgIpc) is 2.34. The lowest BCUT2D eigenvalue weighted by atomic mass is 10.1. The molecule has 0 spiro atoms. The molecule has 0 aromatic heterocycles. The molecule has 0 saturated carbocycles. The van der Waals surface area contributed by atoms with Crippen molar-refractivity contribution in [2.45, 2.75) is 96.8 Å². The van der Waals surface area contributed by atoms with Crippen molar-refractivity contribution in [3.63, 3.8) is 0 Å². The van der Waals surface area contributed by atoms with Gasteiger partial charge in [-0.25, -0.2) is 0 Å². The summed E-state index contributed by atoms with van der Waals surface area (Å²) in [6.45, 7) is 2.26. The molecule has 108 valence electrons. The highest BCUT2D eigenvalue weighted by Crippen LogP contribution is 2.12. The molecule has 2 nitrogen and oxygen atoms in total. The normalized spacial score (nSPS) is 10.7. The molecule has 0 aliphatic rings. The Bertz CT molecular complexity index is 178. The first-order valence-electron chi connectivity index (χ1n) is 7.99. The van der Waals surface area contributed by atoms with Gasteiger partial charge in [0.05, 0.1) is 0 Å². The molecule has 0 aromatic rings. The first-order chi connectivity index (χ1) is 8.77. The summed E-state index contributed by atoms with van der Waals surface area (Å²) in [7, 11) is 0. The molecule has 0 aliphatic heterocycles. The highest BCUT2D eigenvalue weighted by molar-refractivity contribution is 5.66. The lowest BCUT2D eigenvalue weighted by Gasteiger charge is -2.02. The zero-order valence-electron chi connectivity index (χ0n) is 12.3. The van der Waals surface area contributed by atoms with Crippen LogP contribution in [-0.4, -0.2) is 11.1 Å². The summed E-state index contributed by atoms with van der Waals surface area (Å²) in [6, 6.07) is 0. The molecule has 1 N–H and O–H groups in total. The molecular formula is C16H32O2. The Morgan fingerprint density at radius 2 is 1.00 bits per heavy atom. The topological polar surface area (TPSA) is 37.3 Å². The van der Waals surface area contributed by atoms with Crippen LogP contribution in [0, 0.1) is 0 Å². The Labute approximate surface area is 113 Å². The van der Waals surface area contributed by atoms with Crippen LogP contribution in [0.2, 0.25) is 0 Å². The first-order valence-corrected chi connectivity index (χ1v) is 7.99. The van der Waals surface area contributed by atoms with Crippen molar-refractivity contribution in [2.75, 3.05) is 0 Å². The largest absolute Gasteiger partial charge is 0.481 e.